The maximum absolute atomic E-state index is 7.08. The van der Waals surface area contributed by atoms with Gasteiger partial charge in [0, 0.05) is 11.1 Å². The number of hydrogen-bond acceptors (Lipinski definition) is 1. The van der Waals surface area contributed by atoms with E-state index in [2.05, 4.69) is 71.3 Å². The molecule has 224 valence electrons. The van der Waals surface area contributed by atoms with E-state index in [1.165, 1.54) is 0 Å². The van der Waals surface area contributed by atoms with Gasteiger partial charge < -0.3 is 0 Å². The van der Waals surface area contributed by atoms with Crippen molar-refractivity contribution >= 4 is 137 Å². The molecule has 1 heterocycles. The summed E-state index contributed by atoms with van der Waals surface area (Å²) >= 11 is 0. The van der Waals surface area contributed by atoms with Gasteiger partial charge in [-0.3, -0.25) is 4.57 Å². The molecule has 52 heavy (non-hydrogen) atoms. The van der Waals surface area contributed by atoms with E-state index >= 15 is 0 Å². The van der Waals surface area contributed by atoms with E-state index < -0.39 is 0 Å². The second kappa shape index (κ2) is 12.3. The van der Waals surface area contributed by atoms with Crippen LogP contribution >= 0.6 is 0 Å². The first kappa shape index (κ1) is 32.4. The summed E-state index contributed by atoms with van der Waals surface area (Å²) in [7, 11) is 46.4. The minimum atomic E-state index is 0.142. The number of fused-ring (bicyclic) bond motifs is 4. The lowest BCUT2D eigenvalue weighted by molar-refractivity contribution is 1.10. The van der Waals surface area contributed by atoms with Crippen molar-refractivity contribution in [1.82, 2.24) is 9.55 Å². The summed E-state index contributed by atoms with van der Waals surface area (Å²) < 4.78 is 2.25. The highest BCUT2D eigenvalue weighted by Crippen LogP contribution is 2.45. The molecule has 0 spiro atoms. The molecule has 0 unspecified atom stereocenters. The summed E-state index contributed by atoms with van der Waals surface area (Å²) in [5.74, 6) is 0.850. The maximum atomic E-state index is 7.08. The van der Waals surface area contributed by atoms with Gasteiger partial charge in [0.15, 0.2) is 0 Å². The largest absolute Gasteiger partial charge is 0.292 e. The van der Waals surface area contributed by atoms with Crippen molar-refractivity contribution in [3.63, 3.8) is 0 Å². The van der Waals surface area contributed by atoms with Crippen LogP contribution in [0.25, 0.3) is 82.7 Å². The molecule has 0 fully saturated rings. The summed E-state index contributed by atoms with van der Waals surface area (Å²) in [5.41, 5.74) is 8.88. The molecule has 0 atom stereocenters. The van der Waals surface area contributed by atoms with Gasteiger partial charge in [-0.25, -0.2) is 4.98 Å². The summed E-state index contributed by atoms with van der Waals surface area (Å²) in [4.78, 5) is 5.14. The minimum absolute atomic E-state index is 0.142. The van der Waals surface area contributed by atoms with Gasteiger partial charge in [0.05, 0.1) is 16.7 Å². The van der Waals surface area contributed by atoms with Crippen molar-refractivity contribution in [2.45, 2.75) is 0 Å². The maximum Gasteiger partial charge on any atom is 0.145 e. The number of para-hydroxylation sites is 3. The van der Waals surface area contributed by atoms with Gasteiger partial charge in [-0.05, 0) is 67.2 Å². The van der Waals surface area contributed by atoms with E-state index in [0.29, 0.717) is 21.8 Å². The molecule has 0 N–H and O–H groups in total. The Kier molecular flexibility index (Phi) is 7.66. The Morgan fingerprint density at radius 2 is 0.865 bits per heavy atom. The molecule has 0 amide bonds. The summed E-state index contributed by atoms with van der Waals surface area (Å²) in [6, 6.07) is 43.5. The Hall–Kier alpha value is -5.54. The number of benzene rings is 8. The van der Waals surface area contributed by atoms with Crippen LogP contribution in [0.15, 0.2) is 127 Å². The van der Waals surface area contributed by atoms with Gasteiger partial charge in [0.25, 0.3) is 0 Å². The number of rotatable bonds is 4. The van der Waals surface area contributed by atoms with Crippen LogP contribution in [0.3, 0.4) is 0 Å². The van der Waals surface area contributed by atoms with E-state index in [4.69, 9.17) is 59.9 Å². The lowest BCUT2D eigenvalue weighted by atomic mass is 9.58. The van der Waals surface area contributed by atoms with E-state index in [0.717, 1.165) is 66.3 Å². The third-order valence-electron chi connectivity index (χ3n) is 10.2. The smallest absolute Gasteiger partial charge is 0.145 e. The molecule has 0 bridgehead atoms. The van der Waals surface area contributed by atoms with E-state index in [9.17, 15) is 0 Å². The third kappa shape index (κ3) is 4.65. The monoisotopic (exact) mass is 642 g/mol. The second-order valence-electron chi connectivity index (χ2n) is 13.0. The van der Waals surface area contributed by atoms with Crippen molar-refractivity contribution in [3.05, 3.63) is 127 Å². The van der Waals surface area contributed by atoms with Crippen LogP contribution in [0.1, 0.15) is 0 Å². The SMILES string of the molecule is [B]c1c([B])c([B])c2c([B])c(-c3c4ccccc4c(-c4ccccc4-n4c(-c5ccccc5)nc5ccccc54)c4ccccc34)c([B])c([B])c2c1[B]. The van der Waals surface area contributed by atoms with Gasteiger partial charge in [-0.2, -0.15) is 0 Å². The zero-order valence-corrected chi connectivity index (χ0v) is 28.1. The average Bonchev–Trinajstić information content (AvgIpc) is 3.57. The predicted octanol–water partition coefficient (Wildman–Crippen LogP) is 3.04. The van der Waals surface area contributed by atoms with Gasteiger partial charge in [-0.1, -0.05) is 137 Å². The molecule has 0 aliphatic rings. The van der Waals surface area contributed by atoms with Gasteiger partial charge in [0.2, 0.25) is 0 Å². The third-order valence-corrected chi connectivity index (χ3v) is 10.2. The minimum Gasteiger partial charge on any atom is -0.292 e. The van der Waals surface area contributed by atoms with Crippen LogP contribution in [0.2, 0.25) is 0 Å². The van der Waals surface area contributed by atoms with Crippen molar-refractivity contribution in [2.75, 3.05) is 0 Å². The molecule has 1 aromatic heterocycles. The Morgan fingerprint density at radius 3 is 1.50 bits per heavy atom. The molecule has 14 radical (unpaired) electrons. The molecular formula is C43H21B7N2. The number of imidazole rings is 1. The Balaban J connectivity index is 1.42. The van der Waals surface area contributed by atoms with E-state index in [1.54, 1.807) is 0 Å². The van der Waals surface area contributed by atoms with Crippen LogP contribution in [0.5, 0.6) is 0 Å². The second-order valence-corrected chi connectivity index (χ2v) is 13.0. The first-order valence-electron chi connectivity index (χ1n) is 16.9. The van der Waals surface area contributed by atoms with Gasteiger partial charge >= 0.3 is 0 Å². The predicted molar refractivity (Wildman–Crippen MR) is 228 cm³/mol. The number of nitrogens with zero attached hydrogens (tertiary/aromatic N) is 2. The Morgan fingerprint density at radius 1 is 0.385 bits per heavy atom. The Labute approximate surface area is 311 Å². The number of hydrogen-bond donors (Lipinski definition) is 0. The van der Waals surface area contributed by atoms with Crippen LogP contribution in [-0.2, 0) is 0 Å². The molecule has 9 heteroatoms. The van der Waals surface area contributed by atoms with Crippen molar-refractivity contribution < 1.29 is 0 Å². The zero-order chi connectivity index (χ0) is 35.8. The van der Waals surface area contributed by atoms with Crippen molar-refractivity contribution in [3.8, 4) is 39.3 Å². The summed E-state index contributed by atoms with van der Waals surface area (Å²) in [6.45, 7) is 0. The molecule has 0 saturated carbocycles. The lowest BCUT2D eigenvalue weighted by Crippen LogP contribution is -2.52. The van der Waals surface area contributed by atoms with E-state index in [1.807, 2.05) is 60.7 Å². The Bertz CT molecular complexity index is 2880. The van der Waals surface area contributed by atoms with E-state index in [-0.39, 0.29) is 32.8 Å². The van der Waals surface area contributed by atoms with Crippen molar-refractivity contribution in [1.29, 1.82) is 0 Å². The molecule has 0 saturated heterocycles. The summed E-state index contributed by atoms with van der Waals surface area (Å²) in [5, 5.41) is 4.67. The normalized spacial score (nSPS) is 11.6. The van der Waals surface area contributed by atoms with Gasteiger partial charge in [-0.15, -0.1) is 10.9 Å². The van der Waals surface area contributed by atoms with Crippen LogP contribution in [-0.4, -0.2) is 64.5 Å². The molecule has 0 aliphatic carbocycles. The fourth-order valence-electron chi connectivity index (χ4n) is 7.82. The number of aromatic nitrogens is 2. The van der Waals surface area contributed by atoms with Crippen molar-refractivity contribution in [2.24, 2.45) is 0 Å². The molecule has 2 nitrogen and oxygen atoms in total. The average molecular weight is 641 g/mol. The highest BCUT2D eigenvalue weighted by molar-refractivity contribution is 6.72. The first-order chi connectivity index (χ1) is 25.3. The highest BCUT2D eigenvalue weighted by Gasteiger charge is 2.24. The molecule has 9 aromatic rings. The fourth-order valence-corrected chi connectivity index (χ4v) is 7.82. The van der Waals surface area contributed by atoms with Crippen LogP contribution in [0, 0.1) is 0 Å². The standard InChI is InChI=1S/C43H21B7N2/c44-36-33(37(45)38(46)35-34(36)39(47)41(49)42(50)40(35)48)32-25-16-6-4-14-23(25)31(24-15-5-7-17-26(24)32)27-18-8-10-20-29(27)52-30-21-11-9-19-28(30)51-43(52)22-12-2-1-3-13-22/h1-21H. The molecule has 8 aromatic carbocycles. The van der Waals surface area contributed by atoms with Gasteiger partial charge in [0.1, 0.15) is 60.7 Å². The molecule has 9 rings (SSSR count). The zero-order valence-electron chi connectivity index (χ0n) is 28.1. The fraction of sp³-hybridized carbons (Fsp3) is 0. The lowest BCUT2D eigenvalue weighted by Gasteiger charge is -2.27. The molecule has 0 aliphatic heterocycles. The van der Waals surface area contributed by atoms with Crippen LogP contribution in [0.4, 0.5) is 0 Å². The highest BCUT2D eigenvalue weighted by atomic mass is 15.1. The topological polar surface area (TPSA) is 17.8 Å². The molecular weight excluding hydrogens is 620 g/mol. The quantitative estimate of drug-likeness (QED) is 0.214. The van der Waals surface area contributed by atoms with Crippen LogP contribution < -0.4 is 38.2 Å². The summed E-state index contributed by atoms with van der Waals surface area (Å²) in [6.07, 6.45) is 0. The first-order valence-corrected chi connectivity index (χ1v) is 16.9.